The Bertz CT molecular complexity index is 5540. The molecule has 0 N–H and O–H groups in total. The molecule has 0 spiro atoms. The Morgan fingerprint density at radius 3 is 1.18 bits per heavy atom. The van der Waals surface area contributed by atoms with E-state index < -0.39 is 11.9 Å². The number of fused-ring (bicyclic) bond motifs is 2. The zero-order chi connectivity index (χ0) is 75.5. The quantitative estimate of drug-likeness (QED) is 0.136. The molecule has 10 nitrogen and oxygen atoms in total. The van der Waals surface area contributed by atoms with Crippen LogP contribution in [0.4, 0.5) is 8.78 Å². The number of pyridine rings is 10. The Morgan fingerprint density at radius 2 is 0.651 bits per heavy atom. The largest absolute Gasteiger partial charge is 0.255 e. The molecule has 0 amide bonds. The van der Waals surface area contributed by atoms with Crippen LogP contribution in [0.2, 0.25) is 0 Å². The van der Waals surface area contributed by atoms with E-state index in [0.29, 0.717) is 5.56 Å². The van der Waals surface area contributed by atoms with Gasteiger partial charge >= 0.3 is 0 Å². The first-order chi connectivity index (χ1) is 51.8. The number of halogens is 2. The fourth-order valence-corrected chi connectivity index (χ4v) is 11.6. The van der Waals surface area contributed by atoms with Crippen LogP contribution >= 0.6 is 0 Å². The molecule has 524 valence electrons. The molecule has 0 atom stereocenters. The molecule has 0 saturated heterocycles. The van der Waals surface area contributed by atoms with E-state index in [1.165, 1.54) is 91.0 Å². The van der Waals surface area contributed by atoms with Gasteiger partial charge in [-0.05, 0) is 257 Å². The van der Waals surface area contributed by atoms with Crippen LogP contribution in [0.15, 0.2) is 292 Å². The molecule has 10 heterocycles. The summed E-state index contributed by atoms with van der Waals surface area (Å²) in [4.78, 5) is 43.8. The third-order valence-corrected chi connectivity index (χ3v) is 18.6. The molecular weight excluding hydrogens is 1310 g/mol. The minimum absolute atomic E-state index is 0.233. The van der Waals surface area contributed by atoms with Crippen LogP contribution in [0.3, 0.4) is 0 Å². The van der Waals surface area contributed by atoms with Crippen LogP contribution in [-0.2, 0) is 0 Å². The lowest BCUT2D eigenvalue weighted by molar-refractivity contribution is 0.505. The van der Waals surface area contributed by atoms with Crippen molar-refractivity contribution in [3.63, 3.8) is 0 Å². The highest BCUT2D eigenvalue weighted by Gasteiger charge is 2.15. The number of benzene rings is 6. The van der Waals surface area contributed by atoms with E-state index >= 15 is 0 Å². The molecule has 0 aliphatic carbocycles. The summed E-state index contributed by atoms with van der Waals surface area (Å²) in [6.07, 6.45) is 8.98. The highest BCUT2D eigenvalue weighted by Crippen LogP contribution is 2.34. The molecule has 0 fully saturated rings. The minimum atomic E-state index is -1.05. The smallest absolute Gasteiger partial charge is 0.218 e. The molecule has 0 radical (unpaired) electrons. The number of hydrogen-bond acceptors (Lipinski definition) is 10. The zero-order valence-electron chi connectivity index (χ0n) is 62.9. The Labute approximate surface area is 622 Å². The fraction of sp³-hybridized carbons (Fsp3) is 0.128. The zero-order valence-corrected chi connectivity index (χ0v) is 61.9. The predicted octanol–water partition coefficient (Wildman–Crippen LogP) is 23.7. The lowest BCUT2D eigenvalue weighted by atomic mass is 9.97. The van der Waals surface area contributed by atoms with Crippen LogP contribution in [0, 0.1) is 95.0 Å². The summed E-state index contributed by atoms with van der Waals surface area (Å²) in [5.74, 6) is -1.89. The predicted molar refractivity (Wildman–Crippen MR) is 432 cm³/mol. The van der Waals surface area contributed by atoms with Gasteiger partial charge in [0.2, 0.25) is 11.9 Å². The highest BCUT2D eigenvalue weighted by molar-refractivity contribution is 5.89. The summed E-state index contributed by atoms with van der Waals surface area (Å²) >= 11 is 0. The van der Waals surface area contributed by atoms with Crippen molar-refractivity contribution in [3.05, 3.63) is 371 Å². The first-order valence-corrected chi connectivity index (χ1v) is 35.1. The van der Waals surface area contributed by atoms with Gasteiger partial charge in [-0.25, -0.2) is 15.0 Å². The van der Waals surface area contributed by atoms with Gasteiger partial charge in [0.25, 0.3) is 0 Å². The van der Waals surface area contributed by atoms with Crippen molar-refractivity contribution in [1.82, 2.24) is 49.8 Å². The van der Waals surface area contributed by atoms with Crippen molar-refractivity contribution in [2.24, 2.45) is 0 Å². The minimum Gasteiger partial charge on any atom is -0.255 e. The first-order valence-electron chi connectivity index (χ1n) is 35.6. The molecule has 16 aromatic rings. The highest BCUT2D eigenvalue weighted by atomic mass is 19.1. The summed E-state index contributed by atoms with van der Waals surface area (Å²) < 4.78 is 32.1. The Kier molecular flexibility index (Phi) is 24.4. The number of nitrogens with zero attached hydrogens (tertiary/aromatic N) is 10. The molecule has 106 heavy (non-hydrogen) atoms. The number of rotatable bonds is 8. The van der Waals surface area contributed by atoms with Gasteiger partial charge in [-0.3, -0.25) is 29.9 Å². The van der Waals surface area contributed by atoms with E-state index in [4.69, 9.17) is 16.3 Å². The lowest BCUT2D eigenvalue weighted by Gasteiger charge is -2.13. The van der Waals surface area contributed by atoms with Gasteiger partial charge in [0, 0.05) is 64.5 Å². The van der Waals surface area contributed by atoms with Crippen molar-refractivity contribution in [2.45, 2.75) is 83.1 Å². The summed E-state index contributed by atoms with van der Waals surface area (Å²) in [5, 5.41) is 5.00. The summed E-state index contributed by atoms with van der Waals surface area (Å²) in [7, 11) is 0. The Morgan fingerprint density at radius 1 is 0.236 bits per heavy atom. The summed E-state index contributed by atoms with van der Waals surface area (Å²) in [5.41, 5.74) is 28.9. The molecule has 0 aliphatic heterocycles. The normalized spacial score (nSPS) is 10.7. The second kappa shape index (κ2) is 35.4. The van der Waals surface area contributed by atoms with Gasteiger partial charge < -0.3 is 0 Å². The molecule has 16 rings (SSSR count). The Balaban J connectivity index is 0.000000131. The van der Waals surface area contributed by atoms with Crippen molar-refractivity contribution in [3.8, 4) is 90.6 Å². The van der Waals surface area contributed by atoms with E-state index in [0.717, 1.165) is 90.7 Å². The molecule has 0 aliphatic rings. The topological polar surface area (TPSA) is 129 Å². The summed E-state index contributed by atoms with van der Waals surface area (Å²) in [6, 6.07) is 86.5. The van der Waals surface area contributed by atoms with E-state index in [9.17, 15) is 8.78 Å². The van der Waals surface area contributed by atoms with Gasteiger partial charge in [-0.15, -0.1) is 0 Å². The van der Waals surface area contributed by atoms with Crippen molar-refractivity contribution in [2.75, 3.05) is 0 Å². The van der Waals surface area contributed by atoms with Crippen LogP contribution in [-0.4, -0.2) is 49.8 Å². The molecule has 0 unspecified atom stereocenters. The average molecular weight is 1390 g/mol. The third-order valence-electron chi connectivity index (χ3n) is 18.6. The average Bonchev–Trinajstić information content (AvgIpc) is 0.799. The standard InChI is InChI=1S/C27H21N.C19H17N.C17H15N3.2C12H12N2.C7H7F2N/c1-18-15-26(24-13-11-20-7-3-5-9-22(20)16-24)28-27(19(18)2)25-14-12-21-8-4-6-10-23(21)17-25;1-14-13-18(16-9-5-3-6-10-16)20-19(15(14)2)17-11-7-4-8-12-17;1-12-11-16(14-7-3-5-9-18-14)20-17(13(12)2)15-8-4-6-10-19-15;1-9-6-7-12(14-10(9)2)11-5-3-4-8-13-11;1-9-6-8-14-12(10(9)2)11-5-3-4-7-13-11;1-4-3-6(8)10-7(9)5(4)2/h3-17H,1-2H3;3-13H,1-2H3;3-11H,1-2H3;2*3-8H,1-2H3;3H,1-2H3/i;;;;;3D. The number of hydrogen-bond donors (Lipinski definition) is 0. The van der Waals surface area contributed by atoms with Gasteiger partial charge in [-0.1, -0.05) is 164 Å². The molecule has 6 aromatic carbocycles. The van der Waals surface area contributed by atoms with Crippen molar-refractivity contribution < 1.29 is 10.2 Å². The summed E-state index contributed by atoms with van der Waals surface area (Å²) in [6.45, 7) is 24.0. The maximum atomic E-state index is 12.6. The maximum Gasteiger partial charge on any atom is 0.218 e. The Hall–Kier alpha value is -12.8. The number of aromatic nitrogens is 10. The van der Waals surface area contributed by atoms with Gasteiger partial charge in [0.05, 0.1) is 69.7 Å². The monoisotopic (exact) mass is 1390 g/mol. The molecule has 0 bridgehead atoms. The van der Waals surface area contributed by atoms with Crippen molar-refractivity contribution >= 4 is 21.5 Å². The molecule has 10 aromatic heterocycles. The first kappa shape index (κ1) is 73.0. The van der Waals surface area contributed by atoms with Gasteiger partial charge in [0.1, 0.15) is 0 Å². The van der Waals surface area contributed by atoms with Gasteiger partial charge in [-0.2, -0.15) is 13.8 Å². The van der Waals surface area contributed by atoms with Crippen LogP contribution in [0.1, 0.15) is 68.3 Å². The number of aryl methyl sites for hydroxylation is 6. The van der Waals surface area contributed by atoms with Gasteiger partial charge in [0.15, 0.2) is 0 Å². The second-order valence-electron chi connectivity index (χ2n) is 25.9. The lowest BCUT2D eigenvalue weighted by Crippen LogP contribution is -1.97. The van der Waals surface area contributed by atoms with E-state index in [1.54, 1.807) is 24.8 Å². The van der Waals surface area contributed by atoms with Crippen molar-refractivity contribution in [1.29, 1.82) is 0 Å². The van der Waals surface area contributed by atoms with E-state index in [2.05, 4.69) is 243 Å². The second-order valence-corrected chi connectivity index (χ2v) is 25.9. The molecule has 0 saturated carbocycles. The molecule has 12 heteroatoms. The molecular formula is C94H84F2N10. The SMILES string of the molecule is Cc1cc(-c2ccc3ccccc3c2)nc(-c2ccc3ccccc3c2)c1C.Cc1cc(-c2ccccc2)nc(-c2ccccc2)c1C.Cc1cc(-c2ccccn2)nc(-c2ccccn2)c1C.Cc1ccc(-c2ccccn2)nc1C.Cc1ccnc(-c2ccccn2)c1C.[2H]c1c(F)nc(F)c(C)c1C. The van der Waals surface area contributed by atoms with E-state index in [-0.39, 0.29) is 11.6 Å². The van der Waals surface area contributed by atoms with Crippen LogP contribution < -0.4 is 0 Å². The van der Waals surface area contributed by atoms with Crippen LogP contribution in [0.25, 0.3) is 112 Å². The third kappa shape index (κ3) is 18.9. The maximum absolute atomic E-state index is 12.6. The fourth-order valence-electron chi connectivity index (χ4n) is 11.6. The van der Waals surface area contributed by atoms with E-state index in [1.807, 2.05) is 122 Å². The van der Waals surface area contributed by atoms with Crippen LogP contribution in [0.5, 0.6) is 0 Å².